The average molecular weight is 212 g/mol. The molecule has 0 aliphatic carbocycles. The van der Waals surface area contributed by atoms with E-state index in [4.69, 9.17) is 11.1 Å². The molecule has 3 N–H and O–H groups in total. The van der Waals surface area contributed by atoms with Gasteiger partial charge < -0.3 is 5.73 Å². The van der Waals surface area contributed by atoms with Gasteiger partial charge in [0.05, 0.1) is 5.25 Å². The van der Waals surface area contributed by atoms with E-state index in [-0.39, 0.29) is 16.9 Å². The fourth-order valence-corrected chi connectivity index (χ4v) is 1.96. The van der Waals surface area contributed by atoms with E-state index in [1.165, 1.54) is 23.9 Å². The third-order valence-corrected chi connectivity index (χ3v) is 3.23. The Morgan fingerprint density at radius 1 is 1.50 bits per heavy atom. The predicted molar refractivity (Wildman–Crippen MR) is 58.3 cm³/mol. The highest BCUT2D eigenvalue weighted by molar-refractivity contribution is 8.00. The fourth-order valence-electron chi connectivity index (χ4n) is 1.04. The molecule has 0 bridgehead atoms. The SMILES string of the molecule is CCC(Sc1ccc(F)cc1)C(=N)N. The van der Waals surface area contributed by atoms with Gasteiger partial charge in [-0.25, -0.2) is 4.39 Å². The fraction of sp³-hybridized carbons (Fsp3) is 0.300. The zero-order chi connectivity index (χ0) is 10.6. The predicted octanol–water partition coefficient (Wildman–Crippen LogP) is 2.63. The van der Waals surface area contributed by atoms with Crippen LogP contribution in [0.5, 0.6) is 0 Å². The first kappa shape index (κ1) is 11.0. The number of hydrogen-bond acceptors (Lipinski definition) is 2. The molecule has 0 spiro atoms. The first-order valence-electron chi connectivity index (χ1n) is 4.39. The molecule has 76 valence electrons. The van der Waals surface area contributed by atoms with Gasteiger partial charge in [-0.15, -0.1) is 11.8 Å². The lowest BCUT2D eigenvalue weighted by Crippen LogP contribution is -2.23. The number of halogens is 1. The lowest BCUT2D eigenvalue weighted by Gasteiger charge is -2.11. The van der Waals surface area contributed by atoms with E-state index in [9.17, 15) is 4.39 Å². The molecule has 0 aromatic heterocycles. The number of benzene rings is 1. The summed E-state index contributed by atoms with van der Waals surface area (Å²) in [4.78, 5) is 0.938. The van der Waals surface area contributed by atoms with Crippen molar-refractivity contribution in [3.63, 3.8) is 0 Å². The Hall–Kier alpha value is -1.03. The van der Waals surface area contributed by atoms with Crippen LogP contribution in [-0.4, -0.2) is 11.1 Å². The topological polar surface area (TPSA) is 49.9 Å². The zero-order valence-electron chi connectivity index (χ0n) is 7.96. The molecule has 1 aromatic carbocycles. The molecule has 0 fully saturated rings. The van der Waals surface area contributed by atoms with Gasteiger partial charge in [0, 0.05) is 4.90 Å². The Kier molecular flexibility index (Phi) is 3.95. The molecule has 0 heterocycles. The van der Waals surface area contributed by atoms with Crippen molar-refractivity contribution < 1.29 is 4.39 Å². The van der Waals surface area contributed by atoms with Gasteiger partial charge in [-0.05, 0) is 30.7 Å². The van der Waals surface area contributed by atoms with Crippen LogP contribution in [0.2, 0.25) is 0 Å². The first-order chi connectivity index (χ1) is 6.63. The van der Waals surface area contributed by atoms with Crippen LogP contribution in [0.4, 0.5) is 4.39 Å². The van der Waals surface area contributed by atoms with E-state index in [0.29, 0.717) is 0 Å². The lowest BCUT2D eigenvalue weighted by atomic mass is 10.3. The van der Waals surface area contributed by atoms with Crippen molar-refractivity contribution >= 4 is 17.6 Å². The van der Waals surface area contributed by atoms with Crippen LogP contribution >= 0.6 is 11.8 Å². The van der Waals surface area contributed by atoms with Crippen LogP contribution in [-0.2, 0) is 0 Å². The van der Waals surface area contributed by atoms with Gasteiger partial charge in [0.1, 0.15) is 11.7 Å². The highest BCUT2D eigenvalue weighted by Gasteiger charge is 2.10. The van der Waals surface area contributed by atoms with Crippen LogP contribution in [0, 0.1) is 11.2 Å². The molecule has 0 saturated carbocycles. The maximum Gasteiger partial charge on any atom is 0.123 e. The summed E-state index contributed by atoms with van der Waals surface area (Å²) >= 11 is 1.49. The van der Waals surface area contributed by atoms with Gasteiger partial charge in [0.15, 0.2) is 0 Å². The van der Waals surface area contributed by atoms with Crippen molar-refractivity contribution in [1.29, 1.82) is 5.41 Å². The molecule has 0 aliphatic heterocycles. The summed E-state index contributed by atoms with van der Waals surface area (Å²) in [5.74, 6) is -0.0768. The second kappa shape index (κ2) is 5.00. The third-order valence-electron chi connectivity index (χ3n) is 1.81. The van der Waals surface area contributed by atoms with Crippen LogP contribution in [0.15, 0.2) is 29.2 Å². The maximum atomic E-state index is 12.6. The highest BCUT2D eigenvalue weighted by atomic mass is 32.2. The van der Waals surface area contributed by atoms with Crippen molar-refractivity contribution in [1.82, 2.24) is 0 Å². The van der Waals surface area contributed by atoms with E-state index >= 15 is 0 Å². The Morgan fingerprint density at radius 3 is 2.50 bits per heavy atom. The molecule has 1 rings (SSSR count). The second-order valence-electron chi connectivity index (χ2n) is 2.92. The first-order valence-corrected chi connectivity index (χ1v) is 5.27. The largest absolute Gasteiger partial charge is 0.387 e. The average Bonchev–Trinajstić information content (AvgIpc) is 2.16. The monoisotopic (exact) mass is 212 g/mol. The molecular weight excluding hydrogens is 199 g/mol. The molecule has 0 radical (unpaired) electrons. The molecule has 0 amide bonds. The van der Waals surface area contributed by atoms with Gasteiger partial charge in [-0.2, -0.15) is 0 Å². The number of thioether (sulfide) groups is 1. The molecule has 1 atom stereocenters. The summed E-state index contributed by atoms with van der Waals surface area (Å²) in [7, 11) is 0. The Balaban J connectivity index is 2.67. The molecule has 1 unspecified atom stereocenters. The normalized spacial score (nSPS) is 12.4. The summed E-state index contributed by atoms with van der Waals surface area (Å²) in [6.45, 7) is 1.97. The summed E-state index contributed by atoms with van der Waals surface area (Å²) in [6, 6.07) is 6.22. The van der Waals surface area contributed by atoms with Gasteiger partial charge in [-0.3, -0.25) is 5.41 Å². The van der Waals surface area contributed by atoms with Gasteiger partial charge >= 0.3 is 0 Å². The second-order valence-corrected chi connectivity index (χ2v) is 4.20. The van der Waals surface area contributed by atoms with Crippen molar-refractivity contribution in [2.24, 2.45) is 5.73 Å². The smallest absolute Gasteiger partial charge is 0.123 e. The van der Waals surface area contributed by atoms with E-state index < -0.39 is 0 Å². The van der Waals surface area contributed by atoms with Crippen LogP contribution in [0.25, 0.3) is 0 Å². The Morgan fingerprint density at radius 2 is 2.07 bits per heavy atom. The molecule has 0 aliphatic rings. The highest BCUT2D eigenvalue weighted by Crippen LogP contribution is 2.25. The van der Waals surface area contributed by atoms with Crippen LogP contribution in [0.3, 0.4) is 0 Å². The van der Waals surface area contributed by atoms with Crippen molar-refractivity contribution in [3.8, 4) is 0 Å². The molecule has 1 aromatic rings. The van der Waals surface area contributed by atoms with E-state index in [1.807, 2.05) is 6.92 Å². The van der Waals surface area contributed by atoms with Crippen molar-refractivity contribution in [2.45, 2.75) is 23.5 Å². The Labute approximate surface area is 87.2 Å². The van der Waals surface area contributed by atoms with E-state index in [0.717, 1.165) is 11.3 Å². The van der Waals surface area contributed by atoms with Crippen LogP contribution in [0.1, 0.15) is 13.3 Å². The number of nitrogens with one attached hydrogen (secondary N) is 1. The van der Waals surface area contributed by atoms with E-state index in [1.54, 1.807) is 12.1 Å². The van der Waals surface area contributed by atoms with Crippen molar-refractivity contribution in [3.05, 3.63) is 30.1 Å². The minimum Gasteiger partial charge on any atom is -0.387 e. The number of amidine groups is 1. The quantitative estimate of drug-likeness (QED) is 0.458. The molecular formula is C10H13FN2S. The van der Waals surface area contributed by atoms with Gasteiger partial charge in [0.2, 0.25) is 0 Å². The number of hydrogen-bond donors (Lipinski definition) is 2. The van der Waals surface area contributed by atoms with Crippen molar-refractivity contribution in [2.75, 3.05) is 0 Å². The zero-order valence-corrected chi connectivity index (χ0v) is 8.77. The molecule has 14 heavy (non-hydrogen) atoms. The summed E-state index contributed by atoms with van der Waals surface area (Å²) in [6.07, 6.45) is 0.803. The van der Waals surface area contributed by atoms with Crippen LogP contribution < -0.4 is 5.73 Å². The molecule has 4 heteroatoms. The maximum absolute atomic E-state index is 12.6. The number of rotatable bonds is 4. The summed E-state index contributed by atoms with van der Waals surface area (Å²) in [5, 5.41) is 7.31. The lowest BCUT2D eigenvalue weighted by molar-refractivity contribution is 0.626. The standard InChI is InChI=1S/C10H13FN2S/c1-2-9(10(12)13)14-8-5-3-7(11)4-6-8/h3-6,9H,2H2,1H3,(H3,12,13). The summed E-state index contributed by atoms with van der Waals surface area (Å²) < 4.78 is 12.6. The van der Waals surface area contributed by atoms with Gasteiger partial charge in [-0.1, -0.05) is 6.92 Å². The van der Waals surface area contributed by atoms with Gasteiger partial charge in [0.25, 0.3) is 0 Å². The molecule has 0 saturated heterocycles. The Bertz CT molecular complexity index is 310. The molecule has 2 nitrogen and oxygen atoms in total. The van der Waals surface area contributed by atoms with E-state index in [2.05, 4.69) is 0 Å². The minimum absolute atomic E-state index is 0.0135. The third kappa shape index (κ3) is 3.03. The summed E-state index contributed by atoms with van der Waals surface area (Å²) in [5.41, 5.74) is 5.41. The minimum atomic E-state index is -0.245. The number of nitrogens with two attached hydrogens (primary N) is 1.